The molecule has 0 radical (unpaired) electrons. The lowest BCUT2D eigenvalue weighted by atomic mass is 9.64. The van der Waals surface area contributed by atoms with Crippen LogP contribution in [0.2, 0.25) is 0 Å². The Balaban J connectivity index is 1.46. The summed E-state index contributed by atoms with van der Waals surface area (Å²) < 4.78 is 0. The van der Waals surface area contributed by atoms with Gasteiger partial charge in [-0.2, -0.15) is 0 Å². The third-order valence-corrected chi connectivity index (χ3v) is 8.16. The van der Waals surface area contributed by atoms with Crippen LogP contribution in [0.4, 0.5) is 0 Å². The first-order chi connectivity index (χ1) is 15.1. The molecule has 2 bridgehead atoms. The van der Waals surface area contributed by atoms with Gasteiger partial charge in [0.2, 0.25) is 0 Å². The van der Waals surface area contributed by atoms with Crippen LogP contribution in [0.25, 0.3) is 10.8 Å². The summed E-state index contributed by atoms with van der Waals surface area (Å²) in [6.45, 7) is 2.41. The number of benzene rings is 2. The molecule has 5 atom stereocenters. The molecule has 3 fully saturated rings. The minimum atomic E-state index is 0.100. The predicted molar refractivity (Wildman–Crippen MR) is 123 cm³/mol. The molecule has 158 valence electrons. The van der Waals surface area contributed by atoms with E-state index in [-0.39, 0.29) is 23.4 Å². The molecule has 3 heterocycles. The van der Waals surface area contributed by atoms with Gasteiger partial charge in [0.15, 0.2) is 0 Å². The Morgan fingerprint density at radius 2 is 1.90 bits per heavy atom. The maximum Gasteiger partial charge on any atom is 0.273 e. The summed E-state index contributed by atoms with van der Waals surface area (Å²) in [6.07, 6.45) is 7.31. The molecule has 0 spiro atoms. The van der Waals surface area contributed by atoms with E-state index in [9.17, 15) is 4.79 Å². The van der Waals surface area contributed by atoms with E-state index in [4.69, 9.17) is 0 Å². The highest BCUT2D eigenvalue weighted by molar-refractivity contribution is 6.05. The summed E-state index contributed by atoms with van der Waals surface area (Å²) in [6, 6.07) is 22.0. The Labute approximate surface area is 183 Å². The number of carbonyl (C=O) groups is 1. The van der Waals surface area contributed by atoms with Crippen molar-refractivity contribution >= 4 is 16.7 Å². The van der Waals surface area contributed by atoms with Crippen molar-refractivity contribution in [3.8, 4) is 0 Å². The van der Waals surface area contributed by atoms with Gasteiger partial charge in [-0.15, -0.1) is 0 Å². The Kier molecular flexibility index (Phi) is 4.39. The van der Waals surface area contributed by atoms with Crippen molar-refractivity contribution in [3.05, 3.63) is 78.1 Å². The number of nitrogens with one attached hydrogen (secondary N) is 1. The lowest BCUT2D eigenvalue weighted by Gasteiger charge is -2.53. The minimum absolute atomic E-state index is 0.100. The average Bonchev–Trinajstić information content (AvgIpc) is 3.15. The number of piperidine rings is 1. The third-order valence-electron chi connectivity index (χ3n) is 8.16. The molecule has 6 rings (SSSR count). The standard InChI is InChI=1S/C27H29N3O/c1-27-17-21-22(16-18-8-3-2-4-9-18)30(24(27)13-7-12-23(27)29-21)26(31)25-20-11-6-5-10-19(20)14-15-28-25/h2-6,8-11,14-15,21-24,29H,7,12-13,16-17H2,1H3/t21-,22-,23-,24+,27-/m0/s1. The predicted octanol–water partition coefficient (Wildman–Crippen LogP) is 4.59. The Hall–Kier alpha value is -2.72. The van der Waals surface area contributed by atoms with Gasteiger partial charge < -0.3 is 10.2 Å². The van der Waals surface area contributed by atoms with Crippen LogP contribution in [0.5, 0.6) is 0 Å². The normalized spacial score (nSPS) is 31.7. The van der Waals surface area contributed by atoms with Gasteiger partial charge in [-0.3, -0.25) is 9.78 Å². The lowest BCUT2D eigenvalue weighted by Crippen LogP contribution is -2.62. The molecule has 31 heavy (non-hydrogen) atoms. The fourth-order valence-corrected chi connectivity index (χ4v) is 6.68. The van der Waals surface area contributed by atoms with Crippen LogP contribution in [-0.4, -0.2) is 40.0 Å². The monoisotopic (exact) mass is 411 g/mol. The zero-order chi connectivity index (χ0) is 21.0. The topological polar surface area (TPSA) is 45.2 Å². The molecular formula is C27H29N3O. The summed E-state index contributed by atoms with van der Waals surface area (Å²) in [5.74, 6) is 0.100. The van der Waals surface area contributed by atoms with E-state index in [1.807, 2.05) is 24.3 Å². The molecule has 1 aliphatic carbocycles. The molecule has 3 aromatic rings. The van der Waals surface area contributed by atoms with Gasteiger partial charge in [0.25, 0.3) is 5.91 Å². The second-order valence-corrected chi connectivity index (χ2v) is 9.83. The first-order valence-electron chi connectivity index (χ1n) is 11.6. The van der Waals surface area contributed by atoms with Crippen molar-refractivity contribution in [1.82, 2.24) is 15.2 Å². The van der Waals surface area contributed by atoms with E-state index in [1.165, 1.54) is 18.4 Å². The molecule has 4 nitrogen and oxygen atoms in total. The summed E-state index contributed by atoms with van der Waals surface area (Å²) in [4.78, 5) is 21.1. The van der Waals surface area contributed by atoms with Crippen LogP contribution < -0.4 is 5.32 Å². The zero-order valence-electron chi connectivity index (χ0n) is 18.0. The Morgan fingerprint density at radius 1 is 1.10 bits per heavy atom. The number of nitrogens with zero attached hydrogens (tertiary/aromatic N) is 2. The summed E-state index contributed by atoms with van der Waals surface area (Å²) in [5.41, 5.74) is 2.04. The maximum atomic E-state index is 14.2. The van der Waals surface area contributed by atoms with Crippen LogP contribution in [0.1, 0.15) is 48.7 Å². The van der Waals surface area contributed by atoms with E-state index in [2.05, 4.69) is 58.5 Å². The Morgan fingerprint density at radius 3 is 2.77 bits per heavy atom. The molecular weight excluding hydrogens is 382 g/mol. The van der Waals surface area contributed by atoms with Crippen molar-refractivity contribution < 1.29 is 4.79 Å². The number of fused-ring (bicyclic) bond motifs is 2. The first kappa shape index (κ1) is 19.0. The molecule has 3 aliphatic rings. The molecule has 1 saturated carbocycles. The second-order valence-electron chi connectivity index (χ2n) is 9.83. The fraction of sp³-hybridized carbons (Fsp3) is 0.407. The molecule has 1 amide bonds. The quantitative estimate of drug-likeness (QED) is 0.686. The van der Waals surface area contributed by atoms with E-state index in [1.54, 1.807) is 6.20 Å². The molecule has 4 heteroatoms. The zero-order valence-corrected chi connectivity index (χ0v) is 18.0. The molecule has 0 unspecified atom stereocenters. The molecule has 2 aliphatic heterocycles. The van der Waals surface area contributed by atoms with Crippen LogP contribution in [-0.2, 0) is 6.42 Å². The van der Waals surface area contributed by atoms with Crippen molar-refractivity contribution in [2.45, 2.75) is 63.2 Å². The average molecular weight is 412 g/mol. The van der Waals surface area contributed by atoms with Crippen molar-refractivity contribution in [1.29, 1.82) is 0 Å². The van der Waals surface area contributed by atoms with Crippen LogP contribution >= 0.6 is 0 Å². The van der Waals surface area contributed by atoms with Gasteiger partial charge in [-0.25, -0.2) is 0 Å². The largest absolute Gasteiger partial charge is 0.329 e. The number of rotatable bonds is 3. The van der Waals surface area contributed by atoms with Gasteiger partial charge in [0.1, 0.15) is 5.69 Å². The molecule has 2 aromatic carbocycles. The lowest BCUT2D eigenvalue weighted by molar-refractivity contribution is -0.0113. The summed E-state index contributed by atoms with van der Waals surface area (Å²) in [7, 11) is 0. The summed E-state index contributed by atoms with van der Waals surface area (Å²) >= 11 is 0. The highest BCUT2D eigenvalue weighted by Crippen LogP contribution is 2.52. The van der Waals surface area contributed by atoms with E-state index in [0.717, 1.165) is 30.0 Å². The second kappa shape index (κ2) is 7.16. The van der Waals surface area contributed by atoms with Gasteiger partial charge in [0, 0.05) is 35.1 Å². The van der Waals surface area contributed by atoms with Crippen molar-refractivity contribution in [2.75, 3.05) is 0 Å². The first-order valence-corrected chi connectivity index (χ1v) is 11.6. The van der Waals surface area contributed by atoms with Gasteiger partial charge in [-0.05, 0) is 49.1 Å². The van der Waals surface area contributed by atoms with Crippen molar-refractivity contribution in [2.24, 2.45) is 5.41 Å². The van der Waals surface area contributed by atoms with E-state index >= 15 is 0 Å². The van der Waals surface area contributed by atoms with Crippen LogP contribution in [0, 0.1) is 5.41 Å². The number of pyridine rings is 1. The SMILES string of the molecule is C[C@]12C[C@@H]3N[C@H]1CCC[C@H]2N(C(=O)c1nccc2ccccc12)[C@H]3Cc1ccccc1. The summed E-state index contributed by atoms with van der Waals surface area (Å²) in [5, 5.41) is 5.98. The van der Waals surface area contributed by atoms with E-state index < -0.39 is 0 Å². The smallest absolute Gasteiger partial charge is 0.273 e. The Bertz CT molecular complexity index is 1120. The number of hydrogen-bond acceptors (Lipinski definition) is 3. The van der Waals surface area contributed by atoms with Crippen LogP contribution in [0.15, 0.2) is 66.9 Å². The van der Waals surface area contributed by atoms with Crippen LogP contribution in [0.3, 0.4) is 0 Å². The van der Waals surface area contributed by atoms with Crippen molar-refractivity contribution in [3.63, 3.8) is 0 Å². The number of amides is 1. The number of carbonyl (C=O) groups excluding carboxylic acids is 1. The minimum Gasteiger partial charge on any atom is -0.329 e. The maximum absolute atomic E-state index is 14.2. The van der Waals surface area contributed by atoms with Gasteiger partial charge >= 0.3 is 0 Å². The number of likely N-dealkylation sites (tertiary alicyclic amines) is 1. The van der Waals surface area contributed by atoms with E-state index in [0.29, 0.717) is 17.8 Å². The molecule has 1 aromatic heterocycles. The van der Waals surface area contributed by atoms with Gasteiger partial charge in [0.05, 0.1) is 6.04 Å². The molecule has 2 saturated heterocycles. The third kappa shape index (κ3) is 2.92. The highest BCUT2D eigenvalue weighted by atomic mass is 16.2. The fourth-order valence-electron chi connectivity index (χ4n) is 6.68. The number of aromatic nitrogens is 1. The molecule has 1 N–H and O–H groups in total. The number of hydrogen-bond donors (Lipinski definition) is 1. The highest BCUT2D eigenvalue weighted by Gasteiger charge is 2.60. The van der Waals surface area contributed by atoms with Gasteiger partial charge in [-0.1, -0.05) is 61.5 Å².